The predicted octanol–water partition coefficient (Wildman–Crippen LogP) is 0.956. The van der Waals surface area contributed by atoms with Gasteiger partial charge in [-0.2, -0.15) is 4.31 Å². The third-order valence-corrected chi connectivity index (χ3v) is 6.43. The minimum atomic E-state index is -3.46. The molecule has 6 heteroatoms. The zero-order valence-electron chi connectivity index (χ0n) is 12.3. The van der Waals surface area contributed by atoms with Crippen LogP contribution in [0.3, 0.4) is 0 Å². The van der Waals surface area contributed by atoms with Crippen LogP contribution in [0, 0.1) is 6.92 Å². The Kier molecular flexibility index (Phi) is 4.05. The summed E-state index contributed by atoms with van der Waals surface area (Å²) in [5, 5.41) is 9.22. The molecular formula is C15H22N2O3S. The van der Waals surface area contributed by atoms with Crippen molar-refractivity contribution in [3.05, 3.63) is 29.3 Å². The average molecular weight is 310 g/mol. The lowest BCUT2D eigenvalue weighted by atomic mass is 10.2. The van der Waals surface area contributed by atoms with Crippen LogP contribution < -0.4 is 0 Å². The molecule has 1 aliphatic heterocycles. The number of hydrogen-bond donors (Lipinski definition) is 1. The molecule has 21 heavy (non-hydrogen) atoms. The molecule has 1 saturated carbocycles. The van der Waals surface area contributed by atoms with Crippen LogP contribution in [0.4, 0.5) is 0 Å². The van der Waals surface area contributed by atoms with Gasteiger partial charge in [0, 0.05) is 32.2 Å². The van der Waals surface area contributed by atoms with Gasteiger partial charge in [0.25, 0.3) is 0 Å². The van der Waals surface area contributed by atoms with Crippen LogP contribution in [0.1, 0.15) is 24.0 Å². The normalized spacial score (nSPS) is 21.6. The predicted molar refractivity (Wildman–Crippen MR) is 80.5 cm³/mol. The number of hydrogen-bond acceptors (Lipinski definition) is 4. The first-order chi connectivity index (χ1) is 10.0. The van der Waals surface area contributed by atoms with Gasteiger partial charge in [0.1, 0.15) is 0 Å². The molecule has 1 aliphatic carbocycles. The number of rotatable bonds is 4. The second-order valence-electron chi connectivity index (χ2n) is 5.93. The Hall–Kier alpha value is -0.950. The summed E-state index contributed by atoms with van der Waals surface area (Å²) in [6.45, 7) is 4.42. The van der Waals surface area contributed by atoms with E-state index < -0.39 is 10.0 Å². The van der Waals surface area contributed by atoms with E-state index in [0.717, 1.165) is 18.7 Å². The Labute approximate surface area is 126 Å². The van der Waals surface area contributed by atoms with Crippen LogP contribution in [0.2, 0.25) is 0 Å². The molecule has 0 spiro atoms. The van der Waals surface area contributed by atoms with Crippen molar-refractivity contribution in [1.82, 2.24) is 9.21 Å². The van der Waals surface area contributed by atoms with Crippen LogP contribution in [0.5, 0.6) is 0 Å². The van der Waals surface area contributed by atoms with E-state index in [1.54, 1.807) is 29.4 Å². The SMILES string of the molecule is Cc1ccc(CO)cc1S(=O)(=O)N1CCN(C2CC2)CC1. The molecule has 0 radical (unpaired) electrons. The molecule has 0 aromatic heterocycles. The average Bonchev–Trinajstić information content (AvgIpc) is 3.32. The van der Waals surface area contributed by atoms with Crippen LogP contribution in [0.15, 0.2) is 23.1 Å². The summed E-state index contributed by atoms with van der Waals surface area (Å²) in [6, 6.07) is 5.81. The maximum absolute atomic E-state index is 12.8. The highest BCUT2D eigenvalue weighted by Crippen LogP contribution is 2.29. The lowest BCUT2D eigenvalue weighted by Crippen LogP contribution is -2.49. The molecule has 1 aromatic carbocycles. The fraction of sp³-hybridized carbons (Fsp3) is 0.600. The topological polar surface area (TPSA) is 60.9 Å². The van der Waals surface area contributed by atoms with Crippen molar-refractivity contribution in [2.45, 2.75) is 37.3 Å². The van der Waals surface area contributed by atoms with Gasteiger partial charge in [0.2, 0.25) is 10.0 Å². The number of aryl methyl sites for hydroxylation is 1. The van der Waals surface area contributed by atoms with Gasteiger partial charge < -0.3 is 5.11 Å². The highest BCUT2D eigenvalue weighted by molar-refractivity contribution is 7.89. The molecule has 0 amide bonds. The fourth-order valence-corrected chi connectivity index (χ4v) is 4.61. The molecule has 1 N–H and O–H groups in total. The summed E-state index contributed by atoms with van der Waals surface area (Å²) < 4.78 is 27.2. The summed E-state index contributed by atoms with van der Waals surface area (Å²) in [5.74, 6) is 0. The molecule has 116 valence electrons. The van der Waals surface area contributed by atoms with E-state index in [-0.39, 0.29) is 6.61 Å². The maximum atomic E-state index is 12.8. The van der Waals surface area contributed by atoms with Gasteiger partial charge in [-0.25, -0.2) is 8.42 Å². The van der Waals surface area contributed by atoms with E-state index in [9.17, 15) is 13.5 Å². The lowest BCUT2D eigenvalue weighted by molar-refractivity contribution is 0.180. The van der Waals surface area contributed by atoms with Gasteiger partial charge in [-0.3, -0.25) is 4.90 Å². The molecule has 0 atom stereocenters. The summed E-state index contributed by atoms with van der Waals surface area (Å²) in [7, 11) is -3.46. The maximum Gasteiger partial charge on any atom is 0.243 e. The fourth-order valence-electron chi connectivity index (χ4n) is 2.91. The van der Waals surface area contributed by atoms with Crippen molar-refractivity contribution in [3.63, 3.8) is 0 Å². The molecule has 1 aromatic rings. The molecule has 2 aliphatic rings. The summed E-state index contributed by atoms with van der Waals surface area (Å²) >= 11 is 0. The standard InChI is InChI=1S/C15H22N2O3S/c1-12-2-3-13(11-18)10-15(12)21(19,20)17-8-6-16(7-9-17)14-4-5-14/h2-3,10,14,18H,4-9,11H2,1H3. The Morgan fingerprint density at radius 2 is 1.86 bits per heavy atom. The molecule has 2 fully saturated rings. The molecule has 0 bridgehead atoms. The van der Waals surface area contributed by atoms with Crippen molar-refractivity contribution in [1.29, 1.82) is 0 Å². The second kappa shape index (κ2) is 5.68. The van der Waals surface area contributed by atoms with Crippen molar-refractivity contribution >= 4 is 10.0 Å². The quantitative estimate of drug-likeness (QED) is 0.900. The van der Waals surface area contributed by atoms with Gasteiger partial charge in [0.05, 0.1) is 11.5 Å². The Morgan fingerprint density at radius 3 is 2.43 bits per heavy atom. The van der Waals surface area contributed by atoms with Gasteiger partial charge in [-0.15, -0.1) is 0 Å². The van der Waals surface area contributed by atoms with Gasteiger partial charge >= 0.3 is 0 Å². The van der Waals surface area contributed by atoms with Crippen molar-refractivity contribution in [2.24, 2.45) is 0 Å². The van der Waals surface area contributed by atoms with Crippen LogP contribution in [-0.4, -0.2) is 55.0 Å². The van der Waals surface area contributed by atoms with Crippen LogP contribution >= 0.6 is 0 Å². The third-order valence-electron chi connectivity index (χ3n) is 4.39. The summed E-state index contributed by atoms with van der Waals surface area (Å²) in [5.41, 5.74) is 1.37. The summed E-state index contributed by atoms with van der Waals surface area (Å²) in [6.07, 6.45) is 2.51. The number of aliphatic hydroxyl groups is 1. The third kappa shape index (κ3) is 2.99. The smallest absolute Gasteiger partial charge is 0.243 e. The zero-order valence-corrected chi connectivity index (χ0v) is 13.1. The first-order valence-electron chi connectivity index (χ1n) is 7.47. The van der Waals surface area contributed by atoms with E-state index in [0.29, 0.717) is 29.6 Å². The summed E-state index contributed by atoms with van der Waals surface area (Å²) in [4.78, 5) is 2.72. The molecule has 0 unspecified atom stereocenters. The van der Waals surface area contributed by atoms with Gasteiger partial charge in [-0.1, -0.05) is 12.1 Å². The van der Waals surface area contributed by atoms with Crippen molar-refractivity contribution in [3.8, 4) is 0 Å². The van der Waals surface area contributed by atoms with E-state index in [4.69, 9.17) is 0 Å². The van der Waals surface area contributed by atoms with E-state index in [1.807, 2.05) is 0 Å². The largest absolute Gasteiger partial charge is 0.392 e. The van der Waals surface area contributed by atoms with E-state index in [1.165, 1.54) is 12.8 Å². The number of sulfonamides is 1. The van der Waals surface area contributed by atoms with Gasteiger partial charge in [-0.05, 0) is 37.0 Å². The monoisotopic (exact) mass is 310 g/mol. The zero-order chi connectivity index (χ0) is 15.0. The van der Waals surface area contributed by atoms with Crippen molar-refractivity contribution < 1.29 is 13.5 Å². The lowest BCUT2D eigenvalue weighted by Gasteiger charge is -2.34. The number of benzene rings is 1. The second-order valence-corrected chi connectivity index (χ2v) is 7.84. The number of piperazine rings is 1. The number of aliphatic hydroxyl groups excluding tert-OH is 1. The Bertz CT molecular complexity index is 618. The first kappa shape index (κ1) is 15.0. The van der Waals surface area contributed by atoms with E-state index >= 15 is 0 Å². The highest BCUT2D eigenvalue weighted by atomic mass is 32.2. The molecule has 1 saturated heterocycles. The molecule has 1 heterocycles. The number of nitrogens with zero attached hydrogens (tertiary/aromatic N) is 2. The van der Waals surface area contributed by atoms with Crippen molar-refractivity contribution in [2.75, 3.05) is 26.2 Å². The van der Waals surface area contributed by atoms with Crippen LogP contribution in [-0.2, 0) is 16.6 Å². The minimum Gasteiger partial charge on any atom is -0.392 e. The van der Waals surface area contributed by atoms with Gasteiger partial charge in [0.15, 0.2) is 0 Å². The van der Waals surface area contributed by atoms with Crippen LogP contribution in [0.25, 0.3) is 0 Å². The highest BCUT2D eigenvalue weighted by Gasteiger charge is 2.35. The molecule has 5 nitrogen and oxygen atoms in total. The van der Waals surface area contributed by atoms with E-state index in [2.05, 4.69) is 4.90 Å². The minimum absolute atomic E-state index is 0.141. The molecular weight excluding hydrogens is 288 g/mol. The molecule has 3 rings (SSSR count). The first-order valence-corrected chi connectivity index (χ1v) is 8.91. The Morgan fingerprint density at radius 1 is 1.19 bits per heavy atom. The Balaban J connectivity index is 1.80.